The fraction of sp³-hybridized carbons (Fsp3) is 0.357. The average Bonchev–Trinajstić information content (AvgIpc) is 2.50. The number of aromatic nitrogens is 2. The van der Waals surface area contributed by atoms with Crippen LogP contribution in [0.1, 0.15) is 0 Å². The van der Waals surface area contributed by atoms with Gasteiger partial charge in [-0.3, -0.25) is 9.59 Å². The average molecular weight is 307 g/mol. The molecule has 0 atom stereocenters. The molecule has 6 nitrogen and oxygen atoms in total. The summed E-state index contributed by atoms with van der Waals surface area (Å²) >= 11 is 1.14. The number of para-hydroxylation sites is 2. The van der Waals surface area contributed by atoms with Gasteiger partial charge >= 0.3 is 0 Å². The van der Waals surface area contributed by atoms with E-state index in [4.69, 9.17) is 4.74 Å². The number of carbonyl (C=O) groups excluding carboxylic acids is 1. The fourth-order valence-electron chi connectivity index (χ4n) is 1.82. The zero-order chi connectivity index (χ0) is 15.2. The van der Waals surface area contributed by atoms with E-state index >= 15 is 0 Å². The molecular formula is C14H17N3O3S. The second kappa shape index (κ2) is 7.24. The van der Waals surface area contributed by atoms with Gasteiger partial charge in [-0.2, -0.15) is 0 Å². The molecule has 2 rings (SSSR count). The van der Waals surface area contributed by atoms with Crippen LogP contribution in [0, 0.1) is 0 Å². The molecular weight excluding hydrogens is 290 g/mol. The van der Waals surface area contributed by atoms with Crippen LogP contribution in [0.5, 0.6) is 0 Å². The standard InChI is InChI=1S/C14H17N3O3S/c1-17-11-6-4-3-5-10(11)16-13(14(17)19)21-9-12(18)15-7-8-20-2/h3-6H,7-9H2,1-2H3,(H,15,18). The summed E-state index contributed by atoms with van der Waals surface area (Å²) in [6, 6.07) is 7.42. The lowest BCUT2D eigenvalue weighted by Gasteiger charge is -2.07. The normalized spacial score (nSPS) is 10.8. The van der Waals surface area contributed by atoms with Gasteiger partial charge in [0.15, 0.2) is 5.03 Å². The third-order valence-electron chi connectivity index (χ3n) is 2.92. The number of amides is 1. The molecule has 0 bridgehead atoms. The Kier molecular flexibility index (Phi) is 5.35. The lowest BCUT2D eigenvalue weighted by Crippen LogP contribution is -2.29. The van der Waals surface area contributed by atoms with Gasteiger partial charge in [-0.1, -0.05) is 23.9 Å². The molecule has 0 radical (unpaired) electrons. The van der Waals surface area contributed by atoms with Crippen molar-refractivity contribution in [2.24, 2.45) is 7.05 Å². The van der Waals surface area contributed by atoms with Crippen LogP contribution < -0.4 is 10.9 Å². The number of carbonyl (C=O) groups is 1. The van der Waals surface area contributed by atoms with Gasteiger partial charge < -0.3 is 14.6 Å². The van der Waals surface area contributed by atoms with Crippen LogP contribution >= 0.6 is 11.8 Å². The minimum Gasteiger partial charge on any atom is -0.383 e. The molecule has 21 heavy (non-hydrogen) atoms. The lowest BCUT2D eigenvalue weighted by atomic mass is 10.3. The highest BCUT2D eigenvalue weighted by Crippen LogP contribution is 2.15. The Balaban J connectivity index is 2.10. The van der Waals surface area contributed by atoms with Crippen molar-refractivity contribution >= 4 is 28.7 Å². The number of hydrogen-bond acceptors (Lipinski definition) is 5. The second-order valence-electron chi connectivity index (χ2n) is 4.40. The smallest absolute Gasteiger partial charge is 0.283 e. The van der Waals surface area contributed by atoms with Gasteiger partial charge in [-0.15, -0.1) is 0 Å². The third-order valence-corrected chi connectivity index (χ3v) is 3.87. The highest BCUT2D eigenvalue weighted by atomic mass is 32.2. The Hall–Kier alpha value is -1.86. The molecule has 112 valence electrons. The summed E-state index contributed by atoms with van der Waals surface area (Å²) in [5.41, 5.74) is 1.32. The van der Waals surface area contributed by atoms with Crippen molar-refractivity contribution in [1.82, 2.24) is 14.9 Å². The lowest BCUT2D eigenvalue weighted by molar-refractivity contribution is -0.118. The molecule has 0 aliphatic heterocycles. The molecule has 0 saturated carbocycles. The van der Waals surface area contributed by atoms with Crippen molar-refractivity contribution in [2.75, 3.05) is 26.0 Å². The van der Waals surface area contributed by atoms with Crippen molar-refractivity contribution in [2.45, 2.75) is 5.03 Å². The van der Waals surface area contributed by atoms with E-state index in [0.717, 1.165) is 22.8 Å². The molecule has 0 unspecified atom stereocenters. The number of thioether (sulfide) groups is 1. The maximum atomic E-state index is 12.2. The van der Waals surface area contributed by atoms with Crippen LogP contribution in [0.15, 0.2) is 34.1 Å². The minimum absolute atomic E-state index is 0.144. The number of methoxy groups -OCH3 is 1. The first-order chi connectivity index (χ1) is 10.1. The molecule has 2 aromatic rings. The maximum absolute atomic E-state index is 12.2. The number of aryl methyl sites for hydroxylation is 1. The van der Waals surface area contributed by atoms with Crippen LogP contribution in [0.3, 0.4) is 0 Å². The summed E-state index contributed by atoms with van der Waals surface area (Å²) < 4.78 is 6.40. The number of nitrogens with one attached hydrogen (secondary N) is 1. The first-order valence-electron chi connectivity index (χ1n) is 6.47. The first-order valence-corrected chi connectivity index (χ1v) is 7.46. The Bertz CT molecular complexity index is 699. The largest absolute Gasteiger partial charge is 0.383 e. The molecule has 1 N–H and O–H groups in total. The van der Waals surface area contributed by atoms with E-state index < -0.39 is 0 Å². The van der Waals surface area contributed by atoms with Crippen molar-refractivity contribution in [3.8, 4) is 0 Å². The van der Waals surface area contributed by atoms with E-state index in [0.29, 0.717) is 18.2 Å². The van der Waals surface area contributed by atoms with Crippen LogP contribution in [0.25, 0.3) is 11.0 Å². The molecule has 7 heteroatoms. The minimum atomic E-state index is -0.191. The molecule has 1 amide bonds. The molecule has 0 fully saturated rings. The maximum Gasteiger partial charge on any atom is 0.283 e. The number of fused-ring (bicyclic) bond motifs is 1. The quantitative estimate of drug-likeness (QED) is 0.631. The molecule has 1 aromatic heterocycles. The predicted octanol–water partition coefficient (Wildman–Crippen LogP) is 0.788. The van der Waals surface area contributed by atoms with Crippen molar-refractivity contribution in [1.29, 1.82) is 0 Å². The van der Waals surface area contributed by atoms with Crippen molar-refractivity contribution in [3.63, 3.8) is 0 Å². The van der Waals surface area contributed by atoms with Gasteiger partial charge in [0, 0.05) is 20.7 Å². The monoisotopic (exact) mass is 307 g/mol. The predicted molar refractivity (Wildman–Crippen MR) is 82.6 cm³/mol. The van der Waals surface area contributed by atoms with E-state index in [9.17, 15) is 9.59 Å². The van der Waals surface area contributed by atoms with Crippen LogP contribution in [0.2, 0.25) is 0 Å². The zero-order valence-electron chi connectivity index (χ0n) is 12.0. The Morgan fingerprint density at radius 2 is 2.19 bits per heavy atom. The van der Waals surface area contributed by atoms with Crippen LogP contribution in [-0.2, 0) is 16.6 Å². The van der Waals surface area contributed by atoms with Gasteiger partial charge in [-0.25, -0.2) is 4.98 Å². The molecule has 1 aromatic carbocycles. The third kappa shape index (κ3) is 3.83. The van der Waals surface area contributed by atoms with Crippen LogP contribution in [0.4, 0.5) is 0 Å². The van der Waals surface area contributed by atoms with E-state index in [2.05, 4.69) is 10.3 Å². The van der Waals surface area contributed by atoms with Gasteiger partial charge in [0.25, 0.3) is 5.56 Å². The topological polar surface area (TPSA) is 73.2 Å². The number of ether oxygens (including phenoxy) is 1. The van der Waals surface area contributed by atoms with E-state index in [1.165, 1.54) is 0 Å². The first kappa shape index (κ1) is 15.5. The summed E-state index contributed by atoms with van der Waals surface area (Å²) in [6.07, 6.45) is 0. The van der Waals surface area contributed by atoms with Gasteiger partial charge in [0.05, 0.1) is 23.4 Å². The molecule has 0 saturated heterocycles. The highest BCUT2D eigenvalue weighted by Gasteiger charge is 2.10. The van der Waals surface area contributed by atoms with Crippen molar-refractivity contribution in [3.05, 3.63) is 34.6 Å². The molecule has 0 aliphatic rings. The summed E-state index contributed by atoms with van der Waals surface area (Å²) in [7, 11) is 3.28. The second-order valence-corrected chi connectivity index (χ2v) is 5.37. The number of rotatable bonds is 6. The Morgan fingerprint density at radius 3 is 2.95 bits per heavy atom. The molecule has 0 aliphatic carbocycles. The van der Waals surface area contributed by atoms with E-state index in [-0.39, 0.29) is 17.2 Å². The summed E-state index contributed by atoms with van der Waals surface area (Å²) in [6.45, 7) is 0.922. The van der Waals surface area contributed by atoms with Gasteiger partial charge in [0.2, 0.25) is 5.91 Å². The van der Waals surface area contributed by atoms with Gasteiger partial charge in [0.1, 0.15) is 0 Å². The highest BCUT2D eigenvalue weighted by molar-refractivity contribution is 7.99. The number of benzene rings is 1. The SMILES string of the molecule is COCCNC(=O)CSc1nc2ccccc2n(C)c1=O. The Morgan fingerprint density at radius 1 is 1.43 bits per heavy atom. The Labute approximate surface area is 126 Å². The number of nitrogens with zero attached hydrogens (tertiary/aromatic N) is 2. The zero-order valence-corrected chi connectivity index (χ0v) is 12.8. The molecule has 1 heterocycles. The molecule has 0 spiro atoms. The van der Waals surface area contributed by atoms with E-state index in [1.807, 2.05) is 24.3 Å². The fourth-order valence-corrected chi connectivity index (χ4v) is 2.62. The van der Waals surface area contributed by atoms with Crippen molar-refractivity contribution < 1.29 is 9.53 Å². The van der Waals surface area contributed by atoms with E-state index in [1.54, 1.807) is 18.7 Å². The number of hydrogen-bond donors (Lipinski definition) is 1. The summed E-state index contributed by atoms with van der Waals surface area (Å²) in [5.74, 6) is 0.0127. The summed E-state index contributed by atoms with van der Waals surface area (Å²) in [4.78, 5) is 28.1. The van der Waals surface area contributed by atoms with Crippen LogP contribution in [-0.4, -0.2) is 41.5 Å². The summed E-state index contributed by atoms with van der Waals surface area (Å²) in [5, 5.41) is 3.04. The van der Waals surface area contributed by atoms with Gasteiger partial charge in [-0.05, 0) is 12.1 Å².